The van der Waals surface area contributed by atoms with Gasteiger partial charge in [0, 0.05) is 6.42 Å². The predicted molar refractivity (Wildman–Crippen MR) is 116 cm³/mol. The van der Waals surface area contributed by atoms with E-state index in [0.29, 0.717) is 11.8 Å². The van der Waals surface area contributed by atoms with Gasteiger partial charge in [-0.3, -0.25) is 0 Å². The van der Waals surface area contributed by atoms with Crippen LogP contribution in [0.15, 0.2) is 49.1 Å². The van der Waals surface area contributed by atoms with E-state index in [1.54, 1.807) is 0 Å². The summed E-state index contributed by atoms with van der Waals surface area (Å²) in [5.41, 5.74) is 2.16. The summed E-state index contributed by atoms with van der Waals surface area (Å²) in [5.74, 6) is 1.87. The van der Waals surface area contributed by atoms with Crippen molar-refractivity contribution in [2.24, 2.45) is 17.8 Å². The molecule has 3 rings (SSSR count). The number of hydrogen-bond acceptors (Lipinski definition) is 1. The standard InChI is InChI=1S/C26H36F2O/c1-3-5-21-10-14-24(15-11-21)25-16-12-23(13-17-25)19-29-26(27,28)18-22-8-6-20(4-2)7-9-22/h3-5,12-13,16-17,20-22,24H,2,6-11,14-15,18-19H2,1H3/b5-3+/t20-,21-,22-,24-. The Bertz CT molecular complexity index is 648. The zero-order chi connectivity index (χ0) is 20.7. The normalized spacial score (nSPS) is 28.5. The van der Waals surface area contributed by atoms with Crippen molar-refractivity contribution in [3.05, 3.63) is 60.2 Å². The molecule has 0 bridgehead atoms. The second kappa shape index (κ2) is 10.5. The molecular weight excluding hydrogens is 366 g/mol. The molecule has 1 aromatic carbocycles. The van der Waals surface area contributed by atoms with Crippen LogP contribution in [0.25, 0.3) is 0 Å². The highest BCUT2D eigenvalue weighted by atomic mass is 19.3. The minimum atomic E-state index is -3.05. The average Bonchev–Trinajstić information content (AvgIpc) is 2.74. The van der Waals surface area contributed by atoms with Crippen LogP contribution in [0.1, 0.15) is 81.8 Å². The zero-order valence-corrected chi connectivity index (χ0v) is 17.8. The van der Waals surface area contributed by atoms with E-state index in [1.165, 1.54) is 31.2 Å². The Labute approximate surface area is 175 Å². The molecule has 2 aliphatic rings. The number of hydrogen-bond donors (Lipinski definition) is 0. The van der Waals surface area contributed by atoms with E-state index in [0.717, 1.165) is 37.2 Å². The highest BCUT2D eigenvalue weighted by Crippen LogP contribution is 2.38. The Kier molecular flexibility index (Phi) is 8.06. The lowest BCUT2D eigenvalue weighted by atomic mass is 9.78. The van der Waals surface area contributed by atoms with Crippen LogP contribution in [0.3, 0.4) is 0 Å². The van der Waals surface area contributed by atoms with Crippen LogP contribution < -0.4 is 0 Å². The highest BCUT2D eigenvalue weighted by Gasteiger charge is 2.35. The van der Waals surface area contributed by atoms with Crippen molar-refractivity contribution in [1.82, 2.24) is 0 Å². The summed E-state index contributed by atoms with van der Waals surface area (Å²) in [7, 11) is 0. The lowest BCUT2D eigenvalue weighted by molar-refractivity contribution is -0.256. The van der Waals surface area contributed by atoms with Gasteiger partial charge in [0.05, 0.1) is 6.61 Å². The lowest BCUT2D eigenvalue weighted by Gasteiger charge is -2.29. The van der Waals surface area contributed by atoms with Crippen LogP contribution in [0.5, 0.6) is 0 Å². The van der Waals surface area contributed by atoms with Gasteiger partial charge in [-0.2, -0.15) is 8.78 Å². The number of ether oxygens (including phenoxy) is 1. The Morgan fingerprint density at radius 2 is 1.59 bits per heavy atom. The molecule has 0 N–H and O–H groups in total. The largest absolute Gasteiger partial charge is 0.356 e. The van der Waals surface area contributed by atoms with Crippen LogP contribution in [-0.2, 0) is 11.3 Å². The third-order valence-corrected chi connectivity index (χ3v) is 6.89. The fraction of sp³-hybridized carbons (Fsp3) is 0.615. The molecule has 0 atom stereocenters. The second-order valence-corrected chi connectivity index (χ2v) is 9.03. The van der Waals surface area contributed by atoms with E-state index in [9.17, 15) is 8.78 Å². The molecule has 0 aliphatic heterocycles. The summed E-state index contributed by atoms with van der Waals surface area (Å²) in [6.45, 7) is 5.88. The summed E-state index contributed by atoms with van der Waals surface area (Å²) in [6, 6.07) is 8.12. The summed E-state index contributed by atoms with van der Waals surface area (Å²) in [4.78, 5) is 0. The van der Waals surface area contributed by atoms with Crippen molar-refractivity contribution in [2.45, 2.75) is 83.3 Å². The Hall–Kier alpha value is -1.48. The molecule has 0 amide bonds. The Morgan fingerprint density at radius 3 is 2.17 bits per heavy atom. The maximum atomic E-state index is 14.3. The van der Waals surface area contributed by atoms with Gasteiger partial charge in [0.15, 0.2) is 0 Å². The van der Waals surface area contributed by atoms with Gasteiger partial charge in [-0.1, -0.05) is 42.5 Å². The van der Waals surface area contributed by atoms with Gasteiger partial charge >= 0.3 is 6.11 Å². The van der Waals surface area contributed by atoms with Crippen LogP contribution >= 0.6 is 0 Å². The average molecular weight is 403 g/mol. The molecule has 160 valence electrons. The van der Waals surface area contributed by atoms with Crippen molar-refractivity contribution < 1.29 is 13.5 Å². The van der Waals surface area contributed by atoms with Gasteiger partial charge in [0.1, 0.15) is 0 Å². The topological polar surface area (TPSA) is 9.23 Å². The molecule has 2 aliphatic carbocycles. The van der Waals surface area contributed by atoms with Crippen LogP contribution in [0.2, 0.25) is 0 Å². The molecule has 0 aromatic heterocycles. The first kappa shape index (κ1) is 22.2. The van der Waals surface area contributed by atoms with Gasteiger partial charge in [0.25, 0.3) is 0 Å². The molecule has 0 heterocycles. The molecule has 3 heteroatoms. The minimum absolute atomic E-state index is 0.0245. The van der Waals surface area contributed by atoms with Crippen molar-refractivity contribution in [3.63, 3.8) is 0 Å². The monoisotopic (exact) mass is 402 g/mol. The number of allylic oxidation sites excluding steroid dienone is 3. The van der Waals surface area contributed by atoms with E-state index in [-0.39, 0.29) is 18.9 Å². The van der Waals surface area contributed by atoms with Gasteiger partial charge in [-0.25, -0.2) is 0 Å². The molecule has 0 saturated heterocycles. The van der Waals surface area contributed by atoms with Crippen molar-refractivity contribution >= 4 is 0 Å². The van der Waals surface area contributed by atoms with Gasteiger partial charge in [0.2, 0.25) is 0 Å². The second-order valence-electron chi connectivity index (χ2n) is 9.03. The van der Waals surface area contributed by atoms with E-state index in [4.69, 9.17) is 4.74 Å². The van der Waals surface area contributed by atoms with E-state index in [2.05, 4.69) is 37.8 Å². The maximum absolute atomic E-state index is 14.3. The van der Waals surface area contributed by atoms with Crippen molar-refractivity contribution in [3.8, 4) is 0 Å². The molecule has 2 fully saturated rings. The fourth-order valence-electron chi connectivity index (χ4n) is 5.02. The summed E-state index contributed by atoms with van der Waals surface area (Å²) < 4.78 is 33.6. The molecule has 0 radical (unpaired) electrons. The molecule has 1 nitrogen and oxygen atoms in total. The van der Waals surface area contributed by atoms with Crippen LogP contribution in [-0.4, -0.2) is 6.11 Å². The Balaban J connectivity index is 1.44. The third-order valence-electron chi connectivity index (χ3n) is 6.89. The maximum Gasteiger partial charge on any atom is 0.356 e. The SMILES string of the molecule is C=C[C@H]1CC[C@H](CC(F)(F)OCc2ccc([C@H]3CC[C@H](/C=C/C)CC3)cc2)CC1. The first-order chi connectivity index (χ1) is 14.0. The number of alkyl halides is 2. The lowest BCUT2D eigenvalue weighted by Crippen LogP contribution is -2.26. The quantitative estimate of drug-likeness (QED) is 0.400. The van der Waals surface area contributed by atoms with Crippen LogP contribution in [0.4, 0.5) is 8.78 Å². The number of rotatable bonds is 8. The minimum Gasteiger partial charge on any atom is -0.316 e. The molecular formula is C26H36F2O. The first-order valence-corrected chi connectivity index (χ1v) is 11.3. The van der Waals surface area contributed by atoms with Crippen LogP contribution in [0, 0.1) is 17.8 Å². The van der Waals surface area contributed by atoms with Gasteiger partial charge in [-0.05, 0) is 93.1 Å². The molecule has 0 spiro atoms. The molecule has 1 aromatic rings. The molecule has 0 unspecified atom stereocenters. The third kappa shape index (κ3) is 6.77. The Morgan fingerprint density at radius 1 is 0.966 bits per heavy atom. The number of halogens is 2. The van der Waals surface area contributed by atoms with Crippen molar-refractivity contribution in [2.75, 3.05) is 0 Å². The smallest absolute Gasteiger partial charge is 0.316 e. The highest BCUT2D eigenvalue weighted by molar-refractivity contribution is 5.25. The van der Waals surface area contributed by atoms with Gasteiger partial charge in [-0.15, -0.1) is 6.58 Å². The number of benzene rings is 1. The van der Waals surface area contributed by atoms with E-state index >= 15 is 0 Å². The van der Waals surface area contributed by atoms with E-state index in [1.807, 2.05) is 18.2 Å². The molecule has 29 heavy (non-hydrogen) atoms. The first-order valence-electron chi connectivity index (χ1n) is 11.3. The van der Waals surface area contributed by atoms with Gasteiger partial charge < -0.3 is 4.74 Å². The predicted octanol–water partition coefficient (Wildman–Crippen LogP) is 8.03. The summed E-state index contributed by atoms with van der Waals surface area (Å²) >= 11 is 0. The summed E-state index contributed by atoms with van der Waals surface area (Å²) in [6.07, 6.45) is 11.8. The fourth-order valence-corrected chi connectivity index (χ4v) is 5.02. The van der Waals surface area contributed by atoms with E-state index < -0.39 is 6.11 Å². The zero-order valence-electron chi connectivity index (χ0n) is 17.8. The summed E-state index contributed by atoms with van der Waals surface area (Å²) in [5, 5.41) is 0. The van der Waals surface area contributed by atoms with Crippen molar-refractivity contribution in [1.29, 1.82) is 0 Å². The molecule has 2 saturated carbocycles.